The minimum atomic E-state index is 0.691. The van der Waals surface area contributed by atoms with Crippen LogP contribution in [0, 0.1) is 11.8 Å². The minimum Gasteiger partial charge on any atom is -0.383 e. The molecule has 1 aliphatic rings. The fraction of sp³-hybridized carbons (Fsp3) is 0.500. The van der Waals surface area contributed by atoms with Gasteiger partial charge in [-0.15, -0.1) is 0 Å². The number of halogens is 1. The third-order valence-electron chi connectivity index (χ3n) is 3.65. The van der Waals surface area contributed by atoms with E-state index in [1.807, 2.05) is 12.1 Å². The summed E-state index contributed by atoms with van der Waals surface area (Å²) in [4.78, 5) is 0. The first-order valence-electron chi connectivity index (χ1n) is 6.98. The van der Waals surface area contributed by atoms with Crippen LogP contribution in [0.5, 0.6) is 0 Å². The van der Waals surface area contributed by atoms with Crippen LogP contribution in [-0.2, 0) is 4.74 Å². The normalized spacial score (nSPS) is 22.4. The van der Waals surface area contributed by atoms with Crippen LogP contribution in [0.2, 0.25) is 0 Å². The Morgan fingerprint density at radius 3 is 2.95 bits per heavy atom. The van der Waals surface area contributed by atoms with E-state index in [1.165, 1.54) is 12.8 Å². The standard InChI is InChI=1S/C16H22BrNO/c1-13-5-2-3-6-14(13)12-19-10-9-18-16-8-4-7-15(17)11-16/h2-4,7-8,11,13-14,18H,5-6,9-10,12H2,1H3. The van der Waals surface area contributed by atoms with Crippen LogP contribution in [0.3, 0.4) is 0 Å². The monoisotopic (exact) mass is 323 g/mol. The molecule has 1 aromatic carbocycles. The highest BCUT2D eigenvalue weighted by molar-refractivity contribution is 9.10. The molecule has 0 aromatic heterocycles. The average molecular weight is 324 g/mol. The van der Waals surface area contributed by atoms with Gasteiger partial charge in [0.1, 0.15) is 0 Å². The fourth-order valence-corrected chi connectivity index (χ4v) is 2.74. The predicted molar refractivity (Wildman–Crippen MR) is 84.5 cm³/mol. The number of hydrogen-bond acceptors (Lipinski definition) is 2. The summed E-state index contributed by atoms with van der Waals surface area (Å²) in [5.74, 6) is 1.44. The second-order valence-electron chi connectivity index (χ2n) is 5.19. The van der Waals surface area contributed by atoms with Crippen molar-refractivity contribution in [3.05, 3.63) is 40.9 Å². The van der Waals surface area contributed by atoms with Gasteiger partial charge in [-0.25, -0.2) is 0 Å². The van der Waals surface area contributed by atoms with Gasteiger partial charge in [-0.1, -0.05) is 41.1 Å². The molecule has 19 heavy (non-hydrogen) atoms. The van der Waals surface area contributed by atoms with Crippen LogP contribution < -0.4 is 5.32 Å². The van der Waals surface area contributed by atoms with E-state index in [9.17, 15) is 0 Å². The SMILES string of the molecule is CC1CC=CCC1COCCNc1cccc(Br)c1. The Morgan fingerprint density at radius 2 is 2.16 bits per heavy atom. The molecule has 1 N–H and O–H groups in total. The third-order valence-corrected chi connectivity index (χ3v) is 4.14. The lowest BCUT2D eigenvalue weighted by Gasteiger charge is -2.24. The first-order chi connectivity index (χ1) is 9.25. The summed E-state index contributed by atoms with van der Waals surface area (Å²) in [6.07, 6.45) is 6.94. The highest BCUT2D eigenvalue weighted by atomic mass is 79.9. The predicted octanol–water partition coefficient (Wildman–Crippen LogP) is 4.48. The highest BCUT2D eigenvalue weighted by Crippen LogP contribution is 2.24. The Balaban J connectivity index is 1.61. The number of nitrogens with one attached hydrogen (secondary N) is 1. The Labute approximate surface area is 124 Å². The highest BCUT2D eigenvalue weighted by Gasteiger charge is 2.17. The van der Waals surface area contributed by atoms with Gasteiger partial charge in [0.25, 0.3) is 0 Å². The van der Waals surface area contributed by atoms with Crippen molar-refractivity contribution in [1.29, 1.82) is 0 Å². The van der Waals surface area contributed by atoms with Gasteiger partial charge in [-0.2, -0.15) is 0 Å². The second kappa shape index (κ2) is 7.71. The van der Waals surface area contributed by atoms with E-state index >= 15 is 0 Å². The van der Waals surface area contributed by atoms with E-state index < -0.39 is 0 Å². The summed E-state index contributed by atoms with van der Waals surface area (Å²) in [7, 11) is 0. The zero-order valence-corrected chi connectivity index (χ0v) is 13.0. The maximum Gasteiger partial charge on any atom is 0.0639 e. The first kappa shape index (κ1) is 14.6. The summed E-state index contributed by atoms with van der Waals surface area (Å²) in [5, 5.41) is 3.37. The molecule has 0 heterocycles. The second-order valence-corrected chi connectivity index (χ2v) is 6.11. The molecule has 1 aromatic rings. The molecular formula is C16H22BrNO. The van der Waals surface area contributed by atoms with Gasteiger partial charge in [0.05, 0.1) is 13.2 Å². The lowest BCUT2D eigenvalue weighted by Crippen LogP contribution is -2.21. The number of anilines is 1. The maximum absolute atomic E-state index is 5.79. The zero-order chi connectivity index (χ0) is 13.5. The molecule has 0 amide bonds. The molecule has 0 spiro atoms. The van der Waals surface area contributed by atoms with Crippen molar-refractivity contribution < 1.29 is 4.74 Å². The maximum atomic E-state index is 5.79. The van der Waals surface area contributed by atoms with E-state index in [-0.39, 0.29) is 0 Å². The Morgan fingerprint density at radius 1 is 1.32 bits per heavy atom. The van der Waals surface area contributed by atoms with Crippen LogP contribution in [0.1, 0.15) is 19.8 Å². The molecule has 3 heteroatoms. The molecule has 0 bridgehead atoms. The van der Waals surface area contributed by atoms with Crippen molar-refractivity contribution in [3.63, 3.8) is 0 Å². The van der Waals surface area contributed by atoms with Crippen molar-refractivity contribution >= 4 is 21.6 Å². The first-order valence-corrected chi connectivity index (χ1v) is 7.77. The number of rotatable bonds is 6. The molecular weight excluding hydrogens is 302 g/mol. The Bertz CT molecular complexity index is 419. The van der Waals surface area contributed by atoms with Crippen molar-refractivity contribution in [2.75, 3.05) is 25.1 Å². The van der Waals surface area contributed by atoms with Gasteiger partial charge in [0, 0.05) is 16.7 Å². The van der Waals surface area contributed by atoms with Crippen LogP contribution in [-0.4, -0.2) is 19.8 Å². The minimum absolute atomic E-state index is 0.691. The number of allylic oxidation sites excluding steroid dienone is 2. The fourth-order valence-electron chi connectivity index (χ4n) is 2.34. The van der Waals surface area contributed by atoms with Crippen molar-refractivity contribution in [3.8, 4) is 0 Å². The summed E-state index contributed by atoms with van der Waals surface area (Å²) < 4.78 is 6.89. The van der Waals surface area contributed by atoms with Crippen LogP contribution >= 0.6 is 15.9 Å². The summed E-state index contributed by atoms with van der Waals surface area (Å²) >= 11 is 3.47. The lowest BCUT2D eigenvalue weighted by molar-refractivity contribution is 0.0860. The summed E-state index contributed by atoms with van der Waals surface area (Å²) in [6.45, 7) is 4.82. The smallest absolute Gasteiger partial charge is 0.0639 e. The van der Waals surface area contributed by atoms with Gasteiger partial charge in [0.2, 0.25) is 0 Å². The van der Waals surface area contributed by atoms with Crippen molar-refractivity contribution in [2.45, 2.75) is 19.8 Å². The van der Waals surface area contributed by atoms with E-state index in [0.717, 1.165) is 35.8 Å². The number of ether oxygens (including phenoxy) is 1. The van der Waals surface area contributed by atoms with E-state index in [4.69, 9.17) is 4.74 Å². The molecule has 2 nitrogen and oxygen atoms in total. The average Bonchev–Trinajstić information content (AvgIpc) is 2.40. The topological polar surface area (TPSA) is 21.3 Å². The molecule has 2 rings (SSSR count). The number of hydrogen-bond donors (Lipinski definition) is 1. The zero-order valence-electron chi connectivity index (χ0n) is 11.4. The number of benzene rings is 1. The molecule has 0 radical (unpaired) electrons. The molecule has 0 saturated carbocycles. The van der Waals surface area contributed by atoms with E-state index in [1.54, 1.807) is 0 Å². The quantitative estimate of drug-likeness (QED) is 0.615. The molecule has 0 aliphatic heterocycles. The van der Waals surface area contributed by atoms with Gasteiger partial charge in [-0.05, 0) is 42.9 Å². The summed E-state index contributed by atoms with van der Waals surface area (Å²) in [5.41, 5.74) is 1.13. The van der Waals surface area contributed by atoms with Crippen molar-refractivity contribution in [1.82, 2.24) is 0 Å². The van der Waals surface area contributed by atoms with Crippen LogP contribution in [0.15, 0.2) is 40.9 Å². The summed E-state index contributed by atoms with van der Waals surface area (Å²) in [6, 6.07) is 8.20. The van der Waals surface area contributed by atoms with Gasteiger partial charge in [0.15, 0.2) is 0 Å². The van der Waals surface area contributed by atoms with Gasteiger partial charge < -0.3 is 10.1 Å². The molecule has 2 unspecified atom stereocenters. The molecule has 1 aliphatic carbocycles. The molecule has 0 fully saturated rings. The van der Waals surface area contributed by atoms with Gasteiger partial charge in [-0.3, -0.25) is 0 Å². The van der Waals surface area contributed by atoms with E-state index in [0.29, 0.717) is 5.92 Å². The lowest BCUT2D eigenvalue weighted by atomic mass is 9.85. The molecule has 0 saturated heterocycles. The largest absolute Gasteiger partial charge is 0.383 e. The third kappa shape index (κ3) is 5.00. The molecule has 2 atom stereocenters. The Kier molecular flexibility index (Phi) is 5.93. The molecule has 104 valence electrons. The van der Waals surface area contributed by atoms with E-state index in [2.05, 4.69) is 52.5 Å². The van der Waals surface area contributed by atoms with Crippen LogP contribution in [0.25, 0.3) is 0 Å². The van der Waals surface area contributed by atoms with Crippen molar-refractivity contribution in [2.24, 2.45) is 11.8 Å². The van der Waals surface area contributed by atoms with Gasteiger partial charge >= 0.3 is 0 Å². The Hall–Kier alpha value is -0.800. The van der Waals surface area contributed by atoms with Crippen LogP contribution in [0.4, 0.5) is 5.69 Å².